The molecule has 0 bridgehead atoms. The summed E-state index contributed by atoms with van der Waals surface area (Å²) in [7, 11) is 12.9. The van der Waals surface area contributed by atoms with E-state index >= 15 is 0 Å². The maximum absolute atomic E-state index is 5.75. The molecule has 0 aromatic heterocycles. The second-order valence-corrected chi connectivity index (χ2v) is 14.0. The Bertz CT molecular complexity index is 521. The van der Waals surface area contributed by atoms with Gasteiger partial charge in [-0.05, 0) is 51.7 Å². The zero-order valence-corrected chi connectivity index (χ0v) is 29.9. The lowest BCUT2D eigenvalue weighted by Gasteiger charge is -2.23. The van der Waals surface area contributed by atoms with Crippen molar-refractivity contribution in [3.63, 3.8) is 0 Å². The molecular formula is C34H75N3O6+2. The van der Waals surface area contributed by atoms with Gasteiger partial charge in [0.15, 0.2) is 0 Å². The maximum atomic E-state index is 5.75. The van der Waals surface area contributed by atoms with Gasteiger partial charge in [0.2, 0.25) is 0 Å². The first-order valence-corrected chi connectivity index (χ1v) is 17.6. The fourth-order valence-electron chi connectivity index (χ4n) is 4.49. The monoisotopic (exact) mass is 622 g/mol. The smallest absolute Gasteiger partial charge is 0.131 e. The van der Waals surface area contributed by atoms with Crippen LogP contribution in [0.3, 0.4) is 0 Å². The minimum Gasteiger partial charge on any atom is -0.379 e. The molecule has 0 aromatic rings. The molecule has 0 unspecified atom stereocenters. The average molecular weight is 622 g/mol. The Kier molecular flexibility index (Phi) is 30.0. The third-order valence-corrected chi connectivity index (χ3v) is 7.33. The maximum Gasteiger partial charge on any atom is 0.131 e. The van der Waals surface area contributed by atoms with Gasteiger partial charge in [-0.3, -0.25) is 0 Å². The number of likely N-dealkylation sites (N-methyl/N-ethyl adjacent to an activating group) is 2. The summed E-state index contributed by atoms with van der Waals surface area (Å²) in [5.74, 6) is 0. The standard InChI is InChI=1S/C34H75N3O6/c1-8-9-10-11-12-13-14-15-16-17-22-35(23-18-20-27-38-31-33-42-40-29-25-36(2,3)4)24-19-21-28-39-32-34-43-41-30-26-37(5,6)7/h8-34H2,1-7H3/q+2. The van der Waals surface area contributed by atoms with Gasteiger partial charge >= 0.3 is 0 Å². The van der Waals surface area contributed by atoms with Crippen molar-refractivity contribution in [3.8, 4) is 0 Å². The molecule has 0 aliphatic carbocycles. The van der Waals surface area contributed by atoms with Crippen molar-refractivity contribution in [3.05, 3.63) is 0 Å². The van der Waals surface area contributed by atoms with Gasteiger partial charge in [0.25, 0.3) is 0 Å². The van der Waals surface area contributed by atoms with Crippen LogP contribution in [0.25, 0.3) is 0 Å². The highest BCUT2D eigenvalue weighted by Crippen LogP contribution is 2.11. The fourth-order valence-corrected chi connectivity index (χ4v) is 4.49. The van der Waals surface area contributed by atoms with Crippen LogP contribution in [-0.4, -0.2) is 142 Å². The predicted octanol–water partition coefficient (Wildman–Crippen LogP) is 6.11. The summed E-state index contributed by atoms with van der Waals surface area (Å²) < 4.78 is 13.2. The van der Waals surface area contributed by atoms with Gasteiger partial charge in [-0.2, -0.15) is 0 Å². The molecule has 0 N–H and O–H groups in total. The molecule has 0 aliphatic heterocycles. The zero-order chi connectivity index (χ0) is 31.9. The molecule has 0 atom stereocenters. The van der Waals surface area contributed by atoms with Crippen LogP contribution in [0, 0.1) is 0 Å². The van der Waals surface area contributed by atoms with Crippen LogP contribution < -0.4 is 0 Å². The van der Waals surface area contributed by atoms with E-state index in [1.54, 1.807) is 0 Å². The van der Waals surface area contributed by atoms with Crippen molar-refractivity contribution in [1.29, 1.82) is 0 Å². The first kappa shape index (κ1) is 42.6. The van der Waals surface area contributed by atoms with E-state index in [4.69, 9.17) is 29.0 Å². The van der Waals surface area contributed by atoms with Crippen molar-refractivity contribution < 1.29 is 38.0 Å². The molecule has 0 radical (unpaired) electrons. The van der Waals surface area contributed by atoms with E-state index in [2.05, 4.69) is 54.1 Å². The van der Waals surface area contributed by atoms with Crippen LogP contribution in [0.15, 0.2) is 0 Å². The zero-order valence-electron chi connectivity index (χ0n) is 29.9. The van der Waals surface area contributed by atoms with Crippen LogP contribution in [0.1, 0.15) is 96.8 Å². The number of hydrogen-bond donors (Lipinski definition) is 0. The molecular weight excluding hydrogens is 546 g/mol. The van der Waals surface area contributed by atoms with E-state index in [0.717, 1.165) is 61.2 Å². The highest BCUT2D eigenvalue weighted by molar-refractivity contribution is 4.60. The highest BCUT2D eigenvalue weighted by atomic mass is 17.2. The van der Waals surface area contributed by atoms with Gasteiger partial charge < -0.3 is 23.3 Å². The lowest BCUT2D eigenvalue weighted by Crippen LogP contribution is -2.37. The first-order chi connectivity index (χ1) is 20.6. The first-order valence-electron chi connectivity index (χ1n) is 17.6. The van der Waals surface area contributed by atoms with E-state index in [9.17, 15) is 0 Å². The van der Waals surface area contributed by atoms with Gasteiger partial charge in [-0.15, -0.1) is 0 Å². The van der Waals surface area contributed by atoms with Crippen LogP contribution in [0.2, 0.25) is 0 Å². The van der Waals surface area contributed by atoms with E-state index in [0.29, 0.717) is 39.6 Å². The molecule has 9 nitrogen and oxygen atoms in total. The Morgan fingerprint density at radius 3 is 1.12 bits per heavy atom. The topological polar surface area (TPSA) is 58.6 Å². The van der Waals surface area contributed by atoms with Gasteiger partial charge in [-0.25, -0.2) is 19.6 Å². The summed E-state index contributed by atoms with van der Waals surface area (Å²) in [6.45, 7) is 12.5. The molecule has 0 saturated heterocycles. The summed E-state index contributed by atoms with van der Waals surface area (Å²) in [5.41, 5.74) is 0. The second-order valence-electron chi connectivity index (χ2n) is 14.0. The van der Waals surface area contributed by atoms with E-state index in [1.807, 2.05) is 0 Å². The summed E-state index contributed by atoms with van der Waals surface area (Å²) >= 11 is 0. The molecule has 0 spiro atoms. The Morgan fingerprint density at radius 1 is 0.372 bits per heavy atom. The molecule has 0 rings (SSSR count). The Hall–Kier alpha value is -0.360. The van der Waals surface area contributed by atoms with Crippen LogP contribution in [-0.2, 0) is 29.0 Å². The fraction of sp³-hybridized carbons (Fsp3) is 1.00. The molecule has 260 valence electrons. The van der Waals surface area contributed by atoms with Gasteiger partial charge in [-0.1, -0.05) is 64.7 Å². The quantitative estimate of drug-likeness (QED) is 0.0366. The third-order valence-electron chi connectivity index (χ3n) is 7.33. The van der Waals surface area contributed by atoms with Crippen LogP contribution >= 0.6 is 0 Å². The molecule has 0 saturated carbocycles. The minimum atomic E-state index is 0.486. The van der Waals surface area contributed by atoms with E-state index in [1.165, 1.54) is 83.6 Å². The number of quaternary nitrogens is 2. The van der Waals surface area contributed by atoms with Crippen molar-refractivity contribution in [2.45, 2.75) is 96.8 Å². The Labute approximate surface area is 267 Å². The Balaban J connectivity index is 3.96. The molecule has 0 heterocycles. The molecule has 0 amide bonds. The molecule has 0 aromatic carbocycles. The molecule has 43 heavy (non-hydrogen) atoms. The lowest BCUT2D eigenvalue weighted by molar-refractivity contribution is -0.871. The van der Waals surface area contributed by atoms with Gasteiger partial charge in [0, 0.05) is 13.2 Å². The van der Waals surface area contributed by atoms with Crippen molar-refractivity contribution >= 4 is 0 Å². The summed E-state index contributed by atoms with van der Waals surface area (Å²) in [6, 6.07) is 0. The van der Waals surface area contributed by atoms with Crippen molar-refractivity contribution in [2.75, 3.05) is 128 Å². The largest absolute Gasteiger partial charge is 0.379 e. The van der Waals surface area contributed by atoms with Crippen LogP contribution in [0.5, 0.6) is 0 Å². The predicted molar refractivity (Wildman–Crippen MR) is 178 cm³/mol. The van der Waals surface area contributed by atoms with Crippen LogP contribution in [0.4, 0.5) is 0 Å². The number of rotatable bonds is 35. The minimum absolute atomic E-state index is 0.486. The van der Waals surface area contributed by atoms with Crippen molar-refractivity contribution in [2.24, 2.45) is 0 Å². The molecule has 0 fully saturated rings. The summed E-state index contributed by atoms with van der Waals surface area (Å²) in [4.78, 5) is 23.6. The SMILES string of the molecule is CCCCCCCCCCCCN(CCCCOCCOOCC[N+](C)(C)C)CCCCOCCOOCC[N+](C)(C)C. The number of hydrogen-bond acceptors (Lipinski definition) is 7. The van der Waals surface area contributed by atoms with Crippen molar-refractivity contribution in [1.82, 2.24) is 4.90 Å². The number of ether oxygens (including phenoxy) is 2. The van der Waals surface area contributed by atoms with Gasteiger partial charge in [0.1, 0.15) is 39.5 Å². The number of unbranched alkanes of at least 4 members (excludes halogenated alkanes) is 11. The highest BCUT2D eigenvalue weighted by Gasteiger charge is 2.08. The third kappa shape index (κ3) is 37.7. The summed E-state index contributed by atoms with van der Waals surface area (Å²) in [6.07, 6.45) is 18.3. The second kappa shape index (κ2) is 30.3. The summed E-state index contributed by atoms with van der Waals surface area (Å²) in [5, 5.41) is 0. The average Bonchev–Trinajstić information content (AvgIpc) is 2.93. The van der Waals surface area contributed by atoms with E-state index in [-0.39, 0.29) is 0 Å². The lowest BCUT2D eigenvalue weighted by atomic mass is 10.1. The van der Waals surface area contributed by atoms with Gasteiger partial charge in [0.05, 0.1) is 55.5 Å². The van der Waals surface area contributed by atoms with E-state index < -0.39 is 0 Å². The Morgan fingerprint density at radius 2 is 0.721 bits per heavy atom. The normalized spacial score (nSPS) is 12.6. The molecule has 9 heteroatoms. The number of nitrogens with zero attached hydrogens (tertiary/aromatic N) is 3. The molecule has 0 aliphatic rings.